The summed E-state index contributed by atoms with van der Waals surface area (Å²) in [6.45, 7) is 0. The van der Waals surface area contributed by atoms with E-state index in [0.29, 0.717) is 16.8 Å². The molecule has 0 saturated heterocycles. The average molecular weight is 171 g/mol. The largest absolute Gasteiger partial charge is 0.441 e. The molecule has 0 aliphatic rings. The predicted molar refractivity (Wildman–Crippen MR) is 37.0 cm³/mol. The Kier molecular flexibility index (Phi) is 1.40. The van der Waals surface area contributed by atoms with Crippen LogP contribution in [0.5, 0.6) is 0 Å². The SMILES string of the molecule is Clc1ccc(-c2ncon2)o1. The summed E-state index contributed by atoms with van der Waals surface area (Å²) < 4.78 is 9.52. The summed E-state index contributed by atoms with van der Waals surface area (Å²) >= 11 is 5.52. The first kappa shape index (κ1) is 6.42. The van der Waals surface area contributed by atoms with Crippen molar-refractivity contribution in [1.82, 2.24) is 10.1 Å². The summed E-state index contributed by atoms with van der Waals surface area (Å²) in [4.78, 5) is 3.77. The molecule has 2 aromatic rings. The summed E-state index contributed by atoms with van der Waals surface area (Å²) in [7, 11) is 0. The van der Waals surface area contributed by atoms with Gasteiger partial charge in [0.1, 0.15) is 0 Å². The first-order chi connectivity index (χ1) is 5.36. The Morgan fingerprint density at radius 1 is 1.36 bits per heavy atom. The highest BCUT2D eigenvalue weighted by Crippen LogP contribution is 2.20. The Bertz CT molecular complexity index is 341. The minimum absolute atomic E-state index is 0.310. The minimum Gasteiger partial charge on any atom is -0.441 e. The van der Waals surface area contributed by atoms with Gasteiger partial charge < -0.3 is 8.94 Å². The molecule has 2 rings (SSSR count). The first-order valence-corrected chi connectivity index (χ1v) is 3.26. The lowest BCUT2D eigenvalue weighted by Crippen LogP contribution is -1.73. The predicted octanol–water partition coefficient (Wildman–Crippen LogP) is 1.98. The molecule has 0 atom stereocenters. The van der Waals surface area contributed by atoms with Crippen molar-refractivity contribution < 1.29 is 8.94 Å². The molecule has 0 spiro atoms. The highest BCUT2D eigenvalue weighted by atomic mass is 35.5. The van der Waals surface area contributed by atoms with Gasteiger partial charge in [0, 0.05) is 0 Å². The molecule has 5 heteroatoms. The Labute approximate surface area is 66.8 Å². The lowest BCUT2D eigenvalue weighted by molar-refractivity contribution is 0.416. The second-order valence-electron chi connectivity index (χ2n) is 1.86. The smallest absolute Gasteiger partial charge is 0.237 e. The lowest BCUT2D eigenvalue weighted by Gasteiger charge is -1.82. The number of hydrogen-bond acceptors (Lipinski definition) is 4. The molecule has 0 amide bonds. The number of hydrogen-bond donors (Lipinski definition) is 0. The summed E-state index contributed by atoms with van der Waals surface area (Å²) in [5.41, 5.74) is 0. The Hall–Kier alpha value is -1.29. The molecule has 2 heterocycles. The zero-order chi connectivity index (χ0) is 7.68. The number of furan rings is 1. The molecule has 0 bridgehead atoms. The van der Waals surface area contributed by atoms with Crippen molar-refractivity contribution in [2.45, 2.75) is 0 Å². The van der Waals surface area contributed by atoms with Crippen molar-refractivity contribution >= 4 is 11.6 Å². The zero-order valence-corrected chi connectivity index (χ0v) is 6.08. The van der Waals surface area contributed by atoms with Crippen LogP contribution in [0.15, 0.2) is 27.5 Å². The van der Waals surface area contributed by atoms with Crippen LogP contribution in [0.2, 0.25) is 5.22 Å². The van der Waals surface area contributed by atoms with Crippen LogP contribution in [0.4, 0.5) is 0 Å². The van der Waals surface area contributed by atoms with Crippen molar-refractivity contribution in [1.29, 1.82) is 0 Å². The van der Waals surface area contributed by atoms with E-state index in [1.165, 1.54) is 6.39 Å². The fraction of sp³-hybridized carbons (Fsp3) is 0. The van der Waals surface area contributed by atoms with Crippen LogP contribution in [-0.4, -0.2) is 10.1 Å². The van der Waals surface area contributed by atoms with Gasteiger partial charge in [0.15, 0.2) is 11.0 Å². The molecular formula is C6H3ClN2O2. The summed E-state index contributed by atoms with van der Waals surface area (Å²) in [6, 6.07) is 3.29. The van der Waals surface area contributed by atoms with Gasteiger partial charge in [-0.1, -0.05) is 5.16 Å². The van der Waals surface area contributed by atoms with Crippen LogP contribution in [0, 0.1) is 0 Å². The van der Waals surface area contributed by atoms with Crippen LogP contribution in [0.25, 0.3) is 11.6 Å². The van der Waals surface area contributed by atoms with Gasteiger partial charge in [-0.25, -0.2) is 0 Å². The topological polar surface area (TPSA) is 52.1 Å². The van der Waals surface area contributed by atoms with Crippen molar-refractivity contribution in [3.8, 4) is 11.6 Å². The van der Waals surface area contributed by atoms with E-state index in [4.69, 9.17) is 16.0 Å². The molecule has 0 saturated carbocycles. The summed E-state index contributed by atoms with van der Waals surface area (Å²) in [5.74, 6) is 0.903. The fourth-order valence-electron chi connectivity index (χ4n) is 0.714. The van der Waals surface area contributed by atoms with Crippen molar-refractivity contribution in [2.24, 2.45) is 0 Å². The molecule has 0 aliphatic carbocycles. The highest BCUT2D eigenvalue weighted by molar-refractivity contribution is 6.28. The standard InChI is InChI=1S/C6H3ClN2O2/c7-5-2-1-4(11-5)6-8-3-10-9-6/h1-3H. The maximum atomic E-state index is 5.52. The average Bonchev–Trinajstić information content (AvgIpc) is 2.55. The number of halogens is 1. The van der Waals surface area contributed by atoms with E-state index in [-0.39, 0.29) is 0 Å². The third kappa shape index (κ3) is 1.12. The second-order valence-corrected chi connectivity index (χ2v) is 2.23. The van der Waals surface area contributed by atoms with Gasteiger partial charge in [0.05, 0.1) is 0 Å². The Morgan fingerprint density at radius 3 is 2.82 bits per heavy atom. The molecule has 4 nitrogen and oxygen atoms in total. The van der Waals surface area contributed by atoms with E-state index >= 15 is 0 Å². The van der Waals surface area contributed by atoms with Gasteiger partial charge in [-0.2, -0.15) is 4.98 Å². The molecule has 0 fully saturated rings. The van der Waals surface area contributed by atoms with Crippen LogP contribution in [0.1, 0.15) is 0 Å². The maximum absolute atomic E-state index is 5.52. The third-order valence-electron chi connectivity index (χ3n) is 1.15. The molecule has 0 unspecified atom stereocenters. The summed E-state index contributed by atoms with van der Waals surface area (Å²) in [6.07, 6.45) is 1.23. The van der Waals surface area contributed by atoms with E-state index in [1.807, 2.05) is 0 Å². The van der Waals surface area contributed by atoms with E-state index in [9.17, 15) is 0 Å². The Balaban J connectivity index is 2.45. The van der Waals surface area contributed by atoms with Crippen LogP contribution in [0.3, 0.4) is 0 Å². The van der Waals surface area contributed by atoms with E-state index in [2.05, 4.69) is 14.7 Å². The molecule has 0 radical (unpaired) electrons. The lowest BCUT2D eigenvalue weighted by atomic mass is 10.4. The Morgan fingerprint density at radius 2 is 2.27 bits per heavy atom. The van der Waals surface area contributed by atoms with Crippen molar-refractivity contribution in [3.63, 3.8) is 0 Å². The van der Waals surface area contributed by atoms with Gasteiger partial charge >= 0.3 is 0 Å². The van der Waals surface area contributed by atoms with Crippen LogP contribution < -0.4 is 0 Å². The van der Waals surface area contributed by atoms with E-state index in [0.717, 1.165) is 0 Å². The molecule has 0 aliphatic heterocycles. The molecule has 2 aromatic heterocycles. The molecule has 11 heavy (non-hydrogen) atoms. The third-order valence-corrected chi connectivity index (χ3v) is 1.36. The normalized spacial score (nSPS) is 10.3. The van der Waals surface area contributed by atoms with E-state index in [1.54, 1.807) is 12.1 Å². The fourth-order valence-corrected chi connectivity index (χ4v) is 0.860. The summed E-state index contributed by atoms with van der Waals surface area (Å²) in [5, 5.41) is 3.87. The number of nitrogens with zero attached hydrogens (tertiary/aromatic N) is 2. The maximum Gasteiger partial charge on any atom is 0.237 e. The highest BCUT2D eigenvalue weighted by Gasteiger charge is 2.06. The van der Waals surface area contributed by atoms with Crippen molar-refractivity contribution in [3.05, 3.63) is 23.7 Å². The molecule has 0 N–H and O–H groups in total. The monoisotopic (exact) mass is 170 g/mol. The van der Waals surface area contributed by atoms with Gasteiger partial charge in [-0.3, -0.25) is 0 Å². The quantitative estimate of drug-likeness (QED) is 0.657. The first-order valence-electron chi connectivity index (χ1n) is 2.88. The van der Waals surface area contributed by atoms with Gasteiger partial charge in [-0.15, -0.1) is 0 Å². The van der Waals surface area contributed by atoms with Gasteiger partial charge in [-0.05, 0) is 23.7 Å². The van der Waals surface area contributed by atoms with E-state index < -0.39 is 0 Å². The van der Waals surface area contributed by atoms with Crippen LogP contribution >= 0.6 is 11.6 Å². The minimum atomic E-state index is 0.310. The zero-order valence-electron chi connectivity index (χ0n) is 5.32. The van der Waals surface area contributed by atoms with Crippen molar-refractivity contribution in [2.75, 3.05) is 0 Å². The van der Waals surface area contributed by atoms with Gasteiger partial charge in [0.2, 0.25) is 12.2 Å². The molecule has 56 valence electrons. The number of aromatic nitrogens is 2. The molecular weight excluding hydrogens is 168 g/mol. The van der Waals surface area contributed by atoms with Crippen LogP contribution in [-0.2, 0) is 0 Å². The number of rotatable bonds is 1. The molecule has 0 aromatic carbocycles. The second kappa shape index (κ2) is 2.39. The van der Waals surface area contributed by atoms with Gasteiger partial charge in [0.25, 0.3) is 0 Å².